The molecule has 30 heavy (non-hydrogen) atoms. The highest BCUT2D eigenvalue weighted by Crippen LogP contribution is 2.41. The Morgan fingerprint density at radius 1 is 1.37 bits per heavy atom. The van der Waals surface area contributed by atoms with Crippen LogP contribution in [0.5, 0.6) is 0 Å². The summed E-state index contributed by atoms with van der Waals surface area (Å²) < 4.78 is 41.3. The van der Waals surface area contributed by atoms with Crippen LogP contribution in [0.3, 0.4) is 0 Å². The zero-order valence-electron chi connectivity index (χ0n) is 16.0. The predicted molar refractivity (Wildman–Crippen MR) is 98.0 cm³/mol. The second kappa shape index (κ2) is 7.13. The molecule has 9 nitrogen and oxygen atoms in total. The second-order valence-corrected chi connectivity index (χ2v) is 6.98. The Morgan fingerprint density at radius 3 is 2.47 bits per heavy atom. The van der Waals surface area contributed by atoms with E-state index in [0.717, 1.165) is 0 Å². The quantitative estimate of drug-likeness (QED) is 0.575. The number of halogens is 3. The number of alkyl halides is 3. The first-order valence-electron chi connectivity index (χ1n) is 8.70. The Balaban J connectivity index is 1.82. The maximum atomic E-state index is 13.3. The van der Waals surface area contributed by atoms with Crippen molar-refractivity contribution in [2.24, 2.45) is 0 Å². The maximum Gasteiger partial charge on any atom is 0.438 e. The average molecular weight is 425 g/mol. The largest absolute Gasteiger partial charge is 0.438 e. The fourth-order valence-electron chi connectivity index (χ4n) is 3.27. The van der Waals surface area contributed by atoms with Gasteiger partial charge in [-0.2, -0.15) is 18.3 Å². The van der Waals surface area contributed by atoms with E-state index in [4.69, 9.17) is 0 Å². The number of aromatic nitrogens is 2. The lowest BCUT2D eigenvalue weighted by atomic mass is 10.1. The van der Waals surface area contributed by atoms with E-state index in [2.05, 4.69) is 17.1 Å². The standard InChI is InChI=1S/C18H18F3N5O4/c1-10-8-17(28,18(19,20)21)25(22-10)16(27)14-6-4-13(5-7-14)9-24-12(3)15(26(29)30)11(2)23-24/h4-7,22,28H,1,8-9H2,2-3H3. The second-order valence-electron chi connectivity index (χ2n) is 6.98. The molecule has 2 N–H and O–H groups in total. The monoisotopic (exact) mass is 425 g/mol. The van der Waals surface area contributed by atoms with E-state index in [1.807, 2.05) is 0 Å². The Hall–Kier alpha value is -3.41. The van der Waals surface area contributed by atoms with Crippen LogP contribution < -0.4 is 5.43 Å². The first-order valence-corrected chi connectivity index (χ1v) is 8.70. The molecule has 3 rings (SSSR count). The van der Waals surface area contributed by atoms with Gasteiger partial charge in [0.1, 0.15) is 11.4 Å². The molecule has 1 aromatic heterocycles. The van der Waals surface area contributed by atoms with Crippen LogP contribution in [-0.4, -0.2) is 42.6 Å². The number of aliphatic hydroxyl groups is 1. The summed E-state index contributed by atoms with van der Waals surface area (Å²) in [6.07, 6.45) is -5.96. The lowest BCUT2D eigenvalue weighted by Gasteiger charge is -2.33. The highest BCUT2D eigenvalue weighted by atomic mass is 19.4. The molecule has 1 fully saturated rings. The number of nitrogens with zero attached hydrogens (tertiary/aromatic N) is 4. The Kier molecular flexibility index (Phi) is 5.06. The SMILES string of the molecule is C=C1CC(O)(C(F)(F)F)N(C(=O)c2ccc(Cn3nc(C)c([N+](=O)[O-])c3C)cc2)N1. The van der Waals surface area contributed by atoms with Crippen molar-refractivity contribution >= 4 is 11.6 Å². The third-order valence-corrected chi connectivity index (χ3v) is 4.82. The fourth-order valence-corrected chi connectivity index (χ4v) is 3.27. The number of aryl methyl sites for hydroxylation is 1. The van der Waals surface area contributed by atoms with E-state index in [-0.39, 0.29) is 34.2 Å². The molecule has 0 spiro atoms. The van der Waals surface area contributed by atoms with Crippen molar-refractivity contribution in [3.05, 3.63) is 69.2 Å². The Morgan fingerprint density at radius 2 is 1.97 bits per heavy atom. The van der Waals surface area contributed by atoms with E-state index in [9.17, 15) is 33.2 Å². The van der Waals surface area contributed by atoms with E-state index >= 15 is 0 Å². The first kappa shape index (κ1) is 21.3. The smallest absolute Gasteiger partial charge is 0.362 e. The molecule has 0 aliphatic carbocycles. The maximum absolute atomic E-state index is 13.3. The van der Waals surface area contributed by atoms with Crippen molar-refractivity contribution < 1.29 is 28.0 Å². The van der Waals surface area contributed by atoms with Gasteiger partial charge in [0, 0.05) is 17.7 Å². The van der Waals surface area contributed by atoms with E-state index in [0.29, 0.717) is 11.3 Å². The number of nitrogens with one attached hydrogen (secondary N) is 1. The molecule has 1 amide bonds. The highest BCUT2D eigenvalue weighted by Gasteiger charge is 2.63. The predicted octanol–water partition coefficient (Wildman–Crippen LogP) is 2.57. The number of amides is 1. The van der Waals surface area contributed by atoms with Gasteiger partial charge in [-0.05, 0) is 31.5 Å². The van der Waals surface area contributed by atoms with Gasteiger partial charge in [-0.25, -0.2) is 5.01 Å². The van der Waals surface area contributed by atoms with Gasteiger partial charge >= 0.3 is 11.9 Å². The van der Waals surface area contributed by atoms with Crippen LogP contribution in [0.15, 0.2) is 36.5 Å². The van der Waals surface area contributed by atoms with Crippen LogP contribution in [0.2, 0.25) is 0 Å². The average Bonchev–Trinajstić information content (AvgIpc) is 3.10. The molecule has 160 valence electrons. The number of nitro groups is 1. The van der Waals surface area contributed by atoms with Crippen molar-refractivity contribution in [3.8, 4) is 0 Å². The highest BCUT2D eigenvalue weighted by molar-refractivity contribution is 5.94. The summed E-state index contributed by atoms with van der Waals surface area (Å²) in [5.41, 5.74) is -0.323. The zero-order chi connectivity index (χ0) is 22.4. The van der Waals surface area contributed by atoms with Gasteiger partial charge in [0.25, 0.3) is 11.6 Å². The van der Waals surface area contributed by atoms with Gasteiger partial charge in [-0.3, -0.25) is 25.0 Å². The van der Waals surface area contributed by atoms with E-state index in [1.165, 1.54) is 35.9 Å². The minimum absolute atomic E-state index is 0.0893. The summed E-state index contributed by atoms with van der Waals surface area (Å²) >= 11 is 0. The number of hydrogen-bond acceptors (Lipinski definition) is 6. The molecule has 2 heterocycles. The molecule has 1 aromatic carbocycles. The molecule has 1 saturated heterocycles. The normalized spacial score (nSPS) is 19.1. The van der Waals surface area contributed by atoms with Crippen LogP contribution in [-0.2, 0) is 6.54 Å². The number of hydrogen-bond donors (Lipinski definition) is 2. The molecule has 12 heteroatoms. The Bertz CT molecular complexity index is 1030. The van der Waals surface area contributed by atoms with Gasteiger partial charge in [0.05, 0.1) is 11.5 Å². The van der Waals surface area contributed by atoms with E-state index in [1.54, 1.807) is 6.92 Å². The number of carbonyl (C=O) groups excluding carboxylic acids is 1. The van der Waals surface area contributed by atoms with Crippen molar-refractivity contribution in [1.82, 2.24) is 20.2 Å². The molecule has 2 aromatic rings. The van der Waals surface area contributed by atoms with Crippen LogP contribution >= 0.6 is 0 Å². The minimum atomic E-state index is -5.08. The number of carbonyl (C=O) groups is 1. The molecular weight excluding hydrogens is 407 g/mol. The van der Waals surface area contributed by atoms with Gasteiger partial charge in [-0.15, -0.1) is 0 Å². The first-order chi connectivity index (χ1) is 13.8. The molecular formula is C18H18F3N5O4. The topological polar surface area (TPSA) is 114 Å². The number of hydrazine groups is 1. The van der Waals surface area contributed by atoms with E-state index < -0.39 is 29.2 Å². The van der Waals surface area contributed by atoms with Crippen LogP contribution in [0, 0.1) is 24.0 Å². The van der Waals surface area contributed by atoms with Crippen molar-refractivity contribution in [2.75, 3.05) is 0 Å². The molecule has 1 unspecified atom stereocenters. The molecule has 1 atom stereocenters. The number of benzene rings is 1. The molecule has 0 bridgehead atoms. The van der Waals surface area contributed by atoms with Crippen molar-refractivity contribution in [3.63, 3.8) is 0 Å². The summed E-state index contributed by atoms with van der Waals surface area (Å²) in [5, 5.41) is 25.4. The molecule has 1 aliphatic rings. The zero-order valence-corrected chi connectivity index (χ0v) is 16.0. The Labute approximate surface area is 168 Å². The summed E-state index contributed by atoms with van der Waals surface area (Å²) in [4.78, 5) is 23.1. The summed E-state index contributed by atoms with van der Waals surface area (Å²) in [6.45, 7) is 6.60. The molecule has 1 aliphatic heterocycles. The fraction of sp³-hybridized carbons (Fsp3) is 0.333. The van der Waals surface area contributed by atoms with Crippen LogP contribution in [0.25, 0.3) is 0 Å². The third kappa shape index (κ3) is 3.49. The van der Waals surface area contributed by atoms with Gasteiger partial charge < -0.3 is 5.11 Å². The summed E-state index contributed by atoms with van der Waals surface area (Å²) in [5.74, 6) is -1.08. The lowest BCUT2D eigenvalue weighted by Crippen LogP contribution is -2.59. The summed E-state index contributed by atoms with van der Waals surface area (Å²) in [6, 6.07) is 5.59. The van der Waals surface area contributed by atoms with Gasteiger partial charge in [0.2, 0.25) is 0 Å². The van der Waals surface area contributed by atoms with Crippen molar-refractivity contribution in [2.45, 2.75) is 38.7 Å². The van der Waals surface area contributed by atoms with Crippen LogP contribution in [0.1, 0.15) is 33.7 Å². The summed E-state index contributed by atoms with van der Waals surface area (Å²) in [7, 11) is 0. The lowest BCUT2D eigenvalue weighted by molar-refractivity contribution is -0.386. The van der Waals surface area contributed by atoms with Gasteiger partial charge in [0.15, 0.2) is 0 Å². The molecule has 0 radical (unpaired) electrons. The van der Waals surface area contributed by atoms with Crippen molar-refractivity contribution in [1.29, 1.82) is 0 Å². The minimum Gasteiger partial charge on any atom is -0.362 e. The molecule has 0 saturated carbocycles. The van der Waals surface area contributed by atoms with Crippen LogP contribution in [0.4, 0.5) is 18.9 Å². The third-order valence-electron chi connectivity index (χ3n) is 4.82. The van der Waals surface area contributed by atoms with Gasteiger partial charge in [-0.1, -0.05) is 18.7 Å². The number of rotatable bonds is 4.